The lowest BCUT2D eigenvalue weighted by atomic mass is 10.1. The summed E-state index contributed by atoms with van der Waals surface area (Å²) in [5.74, 6) is 0.151. The van der Waals surface area contributed by atoms with E-state index in [4.69, 9.17) is 10.5 Å². The second-order valence-corrected chi connectivity index (χ2v) is 10.4. The molecule has 2 N–H and O–H groups in total. The minimum absolute atomic E-state index is 0.0794. The number of amides is 2. The average molecular weight is 495 g/mol. The Kier molecular flexibility index (Phi) is 6.74. The molecule has 1 aliphatic rings. The summed E-state index contributed by atoms with van der Waals surface area (Å²) in [5, 5.41) is 4.64. The van der Waals surface area contributed by atoms with E-state index in [1.54, 1.807) is 52.2 Å². The molecule has 9 nitrogen and oxygen atoms in total. The number of hydrogen-bond acceptors (Lipinski definition) is 6. The van der Waals surface area contributed by atoms with E-state index in [1.807, 2.05) is 0 Å². The minimum atomic E-state index is -3.35. The van der Waals surface area contributed by atoms with Gasteiger partial charge in [0.15, 0.2) is 9.84 Å². The summed E-state index contributed by atoms with van der Waals surface area (Å²) >= 11 is 0. The lowest BCUT2D eigenvalue weighted by Gasteiger charge is -2.32. The number of rotatable bonds is 7. The van der Waals surface area contributed by atoms with E-state index < -0.39 is 15.7 Å². The summed E-state index contributed by atoms with van der Waals surface area (Å²) in [6.07, 6.45) is 5.70. The first-order valence-corrected chi connectivity index (χ1v) is 12.9. The zero-order chi connectivity index (χ0) is 25.2. The molecule has 2 aromatic carbocycles. The Morgan fingerprint density at radius 2 is 1.91 bits per heavy atom. The summed E-state index contributed by atoms with van der Waals surface area (Å²) in [7, 11) is -3.35. The molecule has 0 radical (unpaired) electrons. The maximum absolute atomic E-state index is 12.1. The van der Waals surface area contributed by atoms with E-state index in [2.05, 4.69) is 11.7 Å². The van der Waals surface area contributed by atoms with Gasteiger partial charge in [-0.05, 0) is 61.4 Å². The van der Waals surface area contributed by atoms with Gasteiger partial charge < -0.3 is 15.4 Å². The van der Waals surface area contributed by atoms with E-state index in [0.717, 1.165) is 19.1 Å². The van der Waals surface area contributed by atoms with E-state index in [0.29, 0.717) is 35.8 Å². The first-order valence-electron chi connectivity index (χ1n) is 11.0. The predicted octanol–water partition coefficient (Wildman–Crippen LogP) is 3.19. The van der Waals surface area contributed by atoms with Crippen LogP contribution in [0.2, 0.25) is 0 Å². The Morgan fingerprint density at radius 3 is 2.57 bits per heavy atom. The number of carbonyl (C=O) groups excluding carboxylic acids is 2. The van der Waals surface area contributed by atoms with Gasteiger partial charge in [0, 0.05) is 31.1 Å². The van der Waals surface area contributed by atoms with Crippen LogP contribution < -0.4 is 10.5 Å². The van der Waals surface area contributed by atoms with Gasteiger partial charge in [0.1, 0.15) is 17.2 Å². The Balaban J connectivity index is 1.57. The zero-order valence-electron chi connectivity index (χ0n) is 19.3. The molecule has 10 heteroatoms. The second kappa shape index (κ2) is 9.75. The van der Waals surface area contributed by atoms with Gasteiger partial charge in [-0.25, -0.2) is 8.42 Å². The molecule has 0 saturated carbocycles. The molecule has 1 atom stereocenters. The lowest BCUT2D eigenvalue weighted by Crippen LogP contribution is -2.40. The number of piperidine rings is 1. The Hall–Kier alpha value is -3.92. The number of sulfone groups is 1. The maximum Gasteiger partial charge on any atom is 0.252 e. The summed E-state index contributed by atoms with van der Waals surface area (Å²) in [5.41, 5.74) is 7.02. The van der Waals surface area contributed by atoms with Gasteiger partial charge in [-0.2, -0.15) is 5.10 Å². The van der Waals surface area contributed by atoms with Crippen molar-refractivity contribution in [3.63, 3.8) is 0 Å². The highest BCUT2D eigenvalue weighted by molar-refractivity contribution is 7.90. The first kappa shape index (κ1) is 24.2. The van der Waals surface area contributed by atoms with Crippen LogP contribution >= 0.6 is 0 Å². The maximum atomic E-state index is 12.1. The summed E-state index contributed by atoms with van der Waals surface area (Å²) < 4.78 is 31.1. The smallest absolute Gasteiger partial charge is 0.252 e. The van der Waals surface area contributed by atoms with Gasteiger partial charge in [-0.15, -0.1) is 0 Å². The Labute approximate surface area is 203 Å². The van der Waals surface area contributed by atoms with E-state index >= 15 is 0 Å². The molecule has 1 saturated heterocycles. The summed E-state index contributed by atoms with van der Waals surface area (Å²) in [6.45, 7) is 4.69. The molecule has 35 heavy (non-hydrogen) atoms. The number of benzene rings is 2. The van der Waals surface area contributed by atoms with Gasteiger partial charge in [0.05, 0.1) is 16.5 Å². The van der Waals surface area contributed by atoms with Crippen LogP contribution in [0.1, 0.15) is 29.2 Å². The van der Waals surface area contributed by atoms with Crippen LogP contribution in [0.15, 0.2) is 72.3 Å². The SMILES string of the molecule is C=CC(=O)N1CCCC(n2cc(C(N)=O)c(-c3ccc(Oc4cccc(S(C)(=O)=O)c4)cc3)n2)C1. The summed E-state index contributed by atoms with van der Waals surface area (Å²) in [4.78, 5) is 26.1. The minimum Gasteiger partial charge on any atom is -0.457 e. The van der Waals surface area contributed by atoms with Crippen molar-refractivity contribution in [2.24, 2.45) is 5.73 Å². The quantitative estimate of drug-likeness (QED) is 0.503. The van der Waals surface area contributed by atoms with Crippen molar-refractivity contribution in [2.75, 3.05) is 19.3 Å². The number of nitrogens with two attached hydrogens (primary N) is 1. The summed E-state index contributed by atoms with van der Waals surface area (Å²) in [6, 6.07) is 13.1. The molecule has 3 aromatic rings. The fourth-order valence-corrected chi connectivity index (χ4v) is 4.71. The van der Waals surface area contributed by atoms with Crippen LogP contribution in [-0.4, -0.2) is 54.3 Å². The molecule has 4 rings (SSSR count). The van der Waals surface area contributed by atoms with Crippen LogP contribution in [-0.2, 0) is 14.6 Å². The number of ether oxygens (including phenoxy) is 1. The number of carbonyl (C=O) groups is 2. The van der Waals surface area contributed by atoms with Crippen molar-refractivity contribution in [1.82, 2.24) is 14.7 Å². The number of primary amides is 1. The third kappa shape index (κ3) is 5.43. The number of likely N-dealkylation sites (tertiary alicyclic amines) is 1. The highest BCUT2D eigenvalue weighted by atomic mass is 32.2. The lowest BCUT2D eigenvalue weighted by molar-refractivity contribution is -0.127. The van der Waals surface area contributed by atoms with Gasteiger partial charge in [-0.1, -0.05) is 12.6 Å². The first-order chi connectivity index (χ1) is 16.7. The molecule has 0 bridgehead atoms. The average Bonchev–Trinajstić information content (AvgIpc) is 3.30. The molecule has 0 aliphatic carbocycles. The second-order valence-electron chi connectivity index (χ2n) is 8.39. The molecule has 1 aromatic heterocycles. The molecule has 1 fully saturated rings. The third-order valence-electron chi connectivity index (χ3n) is 5.85. The Morgan fingerprint density at radius 1 is 1.17 bits per heavy atom. The molecule has 2 heterocycles. The fraction of sp³-hybridized carbons (Fsp3) is 0.240. The highest BCUT2D eigenvalue weighted by Crippen LogP contribution is 2.30. The molecule has 1 aliphatic heterocycles. The van der Waals surface area contributed by atoms with Gasteiger partial charge in [0.25, 0.3) is 5.91 Å². The van der Waals surface area contributed by atoms with Gasteiger partial charge in [-0.3, -0.25) is 14.3 Å². The van der Waals surface area contributed by atoms with Crippen LogP contribution in [0.25, 0.3) is 11.3 Å². The number of nitrogens with zero attached hydrogens (tertiary/aromatic N) is 3. The van der Waals surface area contributed by atoms with Crippen LogP contribution in [0.3, 0.4) is 0 Å². The van der Waals surface area contributed by atoms with Gasteiger partial charge >= 0.3 is 0 Å². The molecular formula is C25H26N4O5S. The van der Waals surface area contributed by atoms with E-state index in [-0.39, 0.29) is 22.4 Å². The van der Waals surface area contributed by atoms with Crippen molar-refractivity contribution in [3.8, 4) is 22.8 Å². The standard InChI is InChI=1S/C25H26N4O5S/c1-3-23(30)28-13-5-6-18(15-28)29-16-22(25(26)31)24(27-29)17-9-11-19(12-10-17)34-20-7-4-8-21(14-20)35(2,32)33/h3-4,7-12,14,16,18H,1,5-6,13,15H2,2H3,(H2,26,31). The molecule has 182 valence electrons. The van der Waals surface area contributed by atoms with Gasteiger partial charge in [0.2, 0.25) is 5.91 Å². The van der Waals surface area contributed by atoms with Crippen molar-refractivity contribution in [1.29, 1.82) is 0 Å². The topological polar surface area (TPSA) is 125 Å². The fourth-order valence-electron chi connectivity index (χ4n) is 4.06. The van der Waals surface area contributed by atoms with Crippen molar-refractivity contribution in [3.05, 3.63) is 72.9 Å². The predicted molar refractivity (Wildman–Crippen MR) is 131 cm³/mol. The monoisotopic (exact) mass is 494 g/mol. The number of hydrogen-bond donors (Lipinski definition) is 1. The molecule has 1 unspecified atom stereocenters. The zero-order valence-corrected chi connectivity index (χ0v) is 20.1. The van der Waals surface area contributed by atoms with Crippen molar-refractivity contribution < 1.29 is 22.7 Å². The number of aromatic nitrogens is 2. The normalized spacial score (nSPS) is 16.0. The molecular weight excluding hydrogens is 468 g/mol. The van der Waals surface area contributed by atoms with Crippen LogP contribution in [0, 0.1) is 0 Å². The Bertz CT molecular complexity index is 1380. The largest absolute Gasteiger partial charge is 0.457 e. The van der Waals surface area contributed by atoms with E-state index in [1.165, 1.54) is 18.2 Å². The molecule has 0 spiro atoms. The molecule has 2 amide bonds. The van der Waals surface area contributed by atoms with E-state index in [9.17, 15) is 18.0 Å². The van der Waals surface area contributed by atoms with Crippen LogP contribution in [0.4, 0.5) is 0 Å². The van der Waals surface area contributed by atoms with Crippen molar-refractivity contribution in [2.45, 2.75) is 23.8 Å². The van der Waals surface area contributed by atoms with Crippen molar-refractivity contribution >= 4 is 21.7 Å². The van der Waals surface area contributed by atoms with Crippen LogP contribution in [0.5, 0.6) is 11.5 Å². The third-order valence-corrected chi connectivity index (χ3v) is 6.96. The highest BCUT2D eigenvalue weighted by Gasteiger charge is 2.26.